The van der Waals surface area contributed by atoms with Gasteiger partial charge in [-0.15, -0.1) is 5.10 Å². The molecular weight excluding hydrogens is 332 g/mol. The van der Waals surface area contributed by atoms with Crippen molar-refractivity contribution in [1.29, 1.82) is 0 Å². The van der Waals surface area contributed by atoms with Crippen LogP contribution in [0.1, 0.15) is 18.5 Å². The Hall–Kier alpha value is -3.68. The Morgan fingerprint density at radius 3 is 2.85 bits per heavy atom. The van der Waals surface area contributed by atoms with Gasteiger partial charge in [-0.05, 0) is 36.8 Å². The summed E-state index contributed by atoms with van der Waals surface area (Å²) < 4.78 is 1.60. The van der Waals surface area contributed by atoms with Gasteiger partial charge in [-0.25, -0.2) is 4.68 Å². The van der Waals surface area contributed by atoms with Gasteiger partial charge in [0, 0.05) is 23.7 Å². The number of primary amides is 1. The monoisotopic (exact) mass is 348 g/mol. The molecule has 3 aromatic rings. The predicted molar refractivity (Wildman–Crippen MR) is 95.0 cm³/mol. The Labute approximate surface area is 149 Å². The maximum Gasteiger partial charge on any atom is 0.248 e. The van der Waals surface area contributed by atoms with Crippen LogP contribution < -0.4 is 11.1 Å². The smallest absolute Gasteiger partial charge is 0.248 e. The molecule has 1 atom stereocenters. The number of hydrogen-bond acceptors (Lipinski definition) is 6. The normalized spacial score (nSPS) is 16.1. The number of phenolic OH excluding ortho intramolecular Hbond substituents is 1. The molecule has 8 nitrogen and oxygen atoms in total. The highest BCUT2D eigenvalue weighted by atomic mass is 16.3. The van der Waals surface area contributed by atoms with E-state index in [4.69, 9.17) is 5.73 Å². The van der Waals surface area contributed by atoms with Crippen molar-refractivity contribution < 1.29 is 9.90 Å². The molecular formula is C18H16N6O2. The molecule has 8 heteroatoms. The standard InChI is InChI=1S/C18H16N6O2/c1-10-14(16(19)26)15(11-4-2-6-13(25)8-11)24-18(21-10)22-17(23-24)12-5-3-7-20-9-12/h2-9,15,25H,1H3,(H2,19,26)(H,21,22,23). The first-order valence-electron chi connectivity index (χ1n) is 7.98. The lowest BCUT2D eigenvalue weighted by Gasteiger charge is -2.27. The number of carbonyl (C=O) groups excluding carboxylic acids is 1. The number of allylic oxidation sites excluding steroid dienone is 1. The topological polar surface area (TPSA) is 119 Å². The first kappa shape index (κ1) is 15.8. The molecule has 1 aliphatic heterocycles. The zero-order chi connectivity index (χ0) is 18.3. The van der Waals surface area contributed by atoms with E-state index in [1.807, 2.05) is 6.07 Å². The Bertz CT molecular complexity index is 1030. The van der Waals surface area contributed by atoms with Crippen LogP contribution in [0.25, 0.3) is 11.4 Å². The third-order valence-electron chi connectivity index (χ3n) is 4.22. The first-order chi connectivity index (χ1) is 12.5. The van der Waals surface area contributed by atoms with E-state index in [-0.39, 0.29) is 5.75 Å². The van der Waals surface area contributed by atoms with Crippen molar-refractivity contribution in [3.63, 3.8) is 0 Å². The Morgan fingerprint density at radius 1 is 1.31 bits per heavy atom. The number of phenols is 1. The van der Waals surface area contributed by atoms with Gasteiger partial charge in [-0.2, -0.15) is 4.98 Å². The molecule has 26 heavy (non-hydrogen) atoms. The molecule has 2 aromatic heterocycles. The Balaban J connectivity index is 1.90. The van der Waals surface area contributed by atoms with E-state index in [0.29, 0.717) is 28.6 Å². The zero-order valence-corrected chi connectivity index (χ0v) is 13.9. The quantitative estimate of drug-likeness (QED) is 0.664. The molecule has 0 saturated carbocycles. The highest BCUT2D eigenvalue weighted by Gasteiger charge is 2.33. The van der Waals surface area contributed by atoms with Crippen molar-refractivity contribution in [2.24, 2.45) is 5.73 Å². The number of nitrogens with two attached hydrogens (primary N) is 1. The minimum absolute atomic E-state index is 0.0941. The lowest BCUT2D eigenvalue weighted by molar-refractivity contribution is -0.115. The lowest BCUT2D eigenvalue weighted by Crippen LogP contribution is -2.31. The van der Waals surface area contributed by atoms with Crippen LogP contribution >= 0.6 is 0 Å². The highest BCUT2D eigenvalue weighted by molar-refractivity contribution is 5.95. The van der Waals surface area contributed by atoms with Crippen LogP contribution in [0, 0.1) is 0 Å². The van der Waals surface area contributed by atoms with Gasteiger partial charge >= 0.3 is 0 Å². The minimum Gasteiger partial charge on any atom is -0.508 e. The summed E-state index contributed by atoms with van der Waals surface area (Å²) in [4.78, 5) is 20.7. The van der Waals surface area contributed by atoms with Crippen LogP contribution in [0.5, 0.6) is 5.75 Å². The fourth-order valence-electron chi connectivity index (χ4n) is 3.09. The number of amides is 1. The summed E-state index contributed by atoms with van der Waals surface area (Å²) in [5.41, 5.74) is 8.03. The van der Waals surface area contributed by atoms with E-state index in [9.17, 15) is 9.90 Å². The van der Waals surface area contributed by atoms with Crippen molar-refractivity contribution in [2.75, 3.05) is 5.32 Å². The van der Waals surface area contributed by atoms with Crippen LogP contribution in [-0.4, -0.2) is 30.8 Å². The summed E-state index contributed by atoms with van der Waals surface area (Å²) in [6.07, 6.45) is 3.34. The molecule has 4 N–H and O–H groups in total. The van der Waals surface area contributed by atoms with Crippen molar-refractivity contribution in [1.82, 2.24) is 19.7 Å². The molecule has 0 fully saturated rings. The fraction of sp³-hybridized carbons (Fsp3) is 0.111. The second-order valence-corrected chi connectivity index (χ2v) is 5.97. The number of benzene rings is 1. The lowest BCUT2D eigenvalue weighted by atomic mass is 9.95. The molecule has 1 aliphatic rings. The summed E-state index contributed by atoms with van der Waals surface area (Å²) >= 11 is 0. The average molecular weight is 348 g/mol. The van der Waals surface area contributed by atoms with Gasteiger partial charge in [0.25, 0.3) is 0 Å². The predicted octanol–water partition coefficient (Wildman–Crippen LogP) is 1.82. The molecule has 1 unspecified atom stereocenters. The molecule has 0 radical (unpaired) electrons. The number of hydrogen-bond donors (Lipinski definition) is 3. The number of fused-ring (bicyclic) bond motifs is 1. The van der Waals surface area contributed by atoms with Crippen LogP contribution in [0.2, 0.25) is 0 Å². The van der Waals surface area contributed by atoms with Crippen molar-refractivity contribution >= 4 is 11.9 Å². The van der Waals surface area contributed by atoms with E-state index >= 15 is 0 Å². The molecule has 1 aromatic carbocycles. The number of rotatable bonds is 3. The van der Waals surface area contributed by atoms with Gasteiger partial charge < -0.3 is 16.2 Å². The van der Waals surface area contributed by atoms with Crippen LogP contribution in [0.15, 0.2) is 60.1 Å². The number of pyridine rings is 1. The first-order valence-corrected chi connectivity index (χ1v) is 7.98. The summed E-state index contributed by atoms with van der Waals surface area (Å²) in [5.74, 6) is 0.494. The summed E-state index contributed by atoms with van der Waals surface area (Å²) in [7, 11) is 0. The number of aromatic hydroxyl groups is 1. The minimum atomic E-state index is -0.589. The van der Waals surface area contributed by atoms with E-state index < -0.39 is 11.9 Å². The Morgan fingerprint density at radius 2 is 2.15 bits per heavy atom. The van der Waals surface area contributed by atoms with Crippen molar-refractivity contribution in [3.8, 4) is 17.1 Å². The maximum atomic E-state index is 12.1. The molecule has 3 heterocycles. The fourth-order valence-corrected chi connectivity index (χ4v) is 3.09. The van der Waals surface area contributed by atoms with E-state index in [0.717, 1.165) is 5.56 Å². The summed E-state index contributed by atoms with van der Waals surface area (Å²) in [6.45, 7) is 1.76. The maximum absolute atomic E-state index is 12.1. The molecule has 0 bridgehead atoms. The highest BCUT2D eigenvalue weighted by Crippen LogP contribution is 2.36. The van der Waals surface area contributed by atoms with Crippen LogP contribution in [-0.2, 0) is 4.79 Å². The number of aromatic nitrogens is 4. The number of nitrogens with one attached hydrogen (secondary N) is 1. The molecule has 4 rings (SSSR count). The molecule has 0 spiro atoms. The van der Waals surface area contributed by atoms with Crippen molar-refractivity contribution in [2.45, 2.75) is 13.0 Å². The van der Waals surface area contributed by atoms with Gasteiger partial charge in [-0.3, -0.25) is 9.78 Å². The van der Waals surface area contributed by atoms with Gasteiger partial charge in [0.15, 0.2) is 5.82 Å². The number of nitrogens with zero attached hydrogens (tertiary/aromatic N) is 4. The van der Waals surface area contributed by atoms with Gasteiger partial charge in [0.1, 0.15) is 11.8 Å². The molecule has 130 valence electrons. The molecule has 0 saturated heterocycles. The average Bonchev–Trinajstić information content (AvgIpc) is 3.04. The second kappa shape index (κ2) is 5.99. The second-order valence-electron chi connectivity index (χ2n) is 5.97. The van der Waals surface area contributed by atoms with E-state index in [2.05, 4.69) is 20.4 Å². The van der Waals surface area contributed by atoms with E-state index in [1.54, 1.807) is 54.3 Å². The van der Waals surface area contributed by atoms with Crippen molar-refractivity contribution in [3.05, 3.63) is 65.6 Å². The third kappa shape index (κ3) is 2.57. The molecule has 0 aliphatic carbocycles. The largest absolute Gasteiger partial charge is 0.508 e. The summed E-state index contributed by atoms with van der Waals surface area (Å²) in [6, 6.07) is 9.73. The third-order valence-corrected chi connectivity index (χ3v) is 4.22. The Kier molecular flexibility index (Phi) is 3.65. The number of carbonyl (C=O) groups is 1. The molecule has 1 amide bonds. The van der Waals surface area contributed by atoms with Gasteiger partial charge in [-0.1, -0.05) is 12.1 Å². The van der Waals surface area contributed by atoms with E-state index in [1.165, 1.54) is 0 Å². The van der Waals surface area contributed by atoms with Gasteiger partial charge in [0.2, 0.25) is 11.9 Å². The zero-order valence-electron chi connectivity index (χ0n) is 13.9. The SMILES string of the molecule is CC1=C(C(N)=O)C(c2cccc(O)c2)n2nc(-c3cccnc3)nc2N1. The number of anilines is 1. The summed E-state index contributed by atoms with van der Waals surface area (Å²) in [5, 5.41) is 17.5. The van der Waals surface area contributed by atoms with Gasteiger partial charge in [0.05, 0.1) is 5.57 Å². The van der Waals surface area contributed by atoms with Crippen LogP contribution in [0.4, 0.5) is 5.95 Å². The van der Waals surface area contributed by atoms with Crippen LogP contribution in [0.3, 0.4) is 0 Å².